The van der Waals surface area contributed by atoms with Gasteiger partial charge < -0.3 is 0 Å². The number of nitriles is 1. The molecule has 2 heterocycles. The number of pyridine rings is 1. The largest absolute Gasteiger partial charge is 0.299 e. The van der Waals surface area contributed by atoms with Gasteiger partial charge in [-0.15, -0.1) is 0 Å². The second kappa shape index (κ2) is 4.41. The summed E-state index contributed by atoms with van der Waals surface area (Å²) in [6, 6.07) is 6.79. The van der Waals surface area contributed by atoms with Gasteiger partial charge in [0.05, 0.1) is 6.07 Å². The van der Waals surface area contributed by atoms with E-state index in [1.54, 1.807) is 6.20 Å². The Morgan fingerprint density at radius 2 is 2.53 bits per heavy atom. The van der Waals surface area contributed by atoms with Crippen molar-refractivity contribution >= 4 is 0 Å². The first kappa shape index (κ1) is 10.1. The molecule has 2 rings (SSSR count). The lowest BCUT2D eigenvalue weighted by atomic mass is 9.99. The fraction of sp³-hybridized carbons (Fsp3) is 0.500. The van der Waals surface area contributed by atoms with Gasteiger partial charge in [0.1, 0.15) is 0 Å². The first-order chi connectivity index (χ1) is 7.31. The van der Waals surface area contributed by atoms with Crippen LogP contribution in [0.25, 0.3) is 0 Å². The average Bonchev–Trinajstić information content (AvgIpc) is 2.61. The SMILES string of the molecule is CN1C[C@H](CC#N)C[C@H]1c1cccnc1. The Morgan fingerprint density at radius 3 is 3.20 bits per heavy atom. The minimum absolute atomic E-state index is 0.442. The van der Waals surface area contributed by atoms with Crippen LogP contribution in [0.1, 0.15) is 24.4 Å². The smallest absolute Gasteiger partial charge is 0.0625 e. The molecule has 0 spiro atoms. The summed E-state index contributed by atoms with van der Waals surface area (Å²) >= 11 is 0. The van der Waals surface area contributed by atoms with Crippen LogP contribution in [-0.2, 0) is 0 Å². The predicted octanol–water partition coefficient (Wildman–Crippen LogP) is 1.99. The van der Waals surface area contributed by atoms with Crippen molar-refractivity contribution in [1.29, 1.82) is 5.26 Å². The van der Waals surface area contributed by atoms with Crippen LogP contribution in [0.2, 0.25) is 0 Å². The Labute approximate surface area is 90.4 Å². The number of rotatable bonds is 2. The number of hydrogen-bond donors (Lipinski definition) is 0. The maximum absolute atomic E-state index is 8.69. The third kappa shape index (κ3) is 2.16. The summed E-state index contributed by atoms with van der Waals surface area (Å²) in [6.45, 7) is 1.02. The second-order valence-electron chi connectivity index (χ2n) is 4.21. The van der Waals surface area contributed by atoms with Gasteiger partial charge in [-0.2, -0.15) is 5.26 Å². The standard InChI is InChI=1S/C12H15N3/c1-15-9-10(4-5-13)7-12(15)11-3-2-6-14-8-11/h2-3,6,8,10,12H,4,7,9H2,1H3/t10-,12+/m1/s1. The van der Waals surface area contributed by atoms with Crippen LogP contribution in [0.15, 0.2) is 24.5 Å². The van der Waals surface area contributed by atoms with Crippen molar-refractivity contribution < 1.29 is 0 Å². The summed E-state index contributed by atoms with van der Waals surface area (Å²) in [6.07, 6.45) is 5.47. The van der Waals surface area contributed by atoms with Crippen LogP contribution >= 0.6 is 0 Å². The van der Waals surface area contributed by atoms with E-state index in [4.69, 9.17) is 5.26 Å². The zero-order chi connectivity index (χ0) is 10.7. The maximum atomic E-state index is 8.69. The molecule has 1 saturated heterocycles. The van der Waals surface area contributed by atoms with Gasteiger partial charge >= 0.3 is 0 Å². The lowest BCUT2D eigenvalue weighted by Crippen LogP contribution is -2.18. The molecular weight excluding hydrogens is 186 g/mol. The van der Waals surface area contributed by atoms with Gasteiger partial charge in [-0.3, -0.25) is 9.88 Å². The Balaban J connectivity index is 2.09. The van der Waals surface area contributed by atoms with Crippen molar-refractivity contribution in [2.45, 2.75) is 18.9 Å². The van der Waals surface area contributed by atoms with E-state index in [2.05, 4.69) is 29.1 Å². The van der Waals surface area contributed by atoms with E-state index in [-0.39, 0.29) is 0 Å². The van der Waals surface area contributed by atoms with Gasteiger partial charge in [0.25, 0.3) is 0 Å². The van der Waals surface area contributed by atoms with E-state index < -0.39 is 0 Å². The van der Waals surface area contributed by atoms with Crippen LogP contribution in [0.3, 0.4) is 0 Å². The Hall–Kier alpha value is -1.40. The maximum Gasteiger partial charge on any atom is 0.0625 e. The first-order valence-corrected chi connectivity index (χ1v) is 5.28. The van der Waals surface area contributed by atoms with E-state index in [0.29, 0.717) is 18.4 Å². The highest BCUT2D eigenvalue weighted by molar-refractivity contribution is 5.15. The van der Waals surface area contributed by atoms with Crippen molar-refractivity contribution in [2.24, 2.45) is 5.92 Å². The number of likely N-dealkylation sites (tertiary alicyclic amines) is 1. The van der Waals surface area contributed by atoms with E-state index >= 15 is 0 Å². The molecule has 3 nitrogen and oxygen atoms in total. The minimum Gasteiger partial charge on any atom is -0.299 e. The van der Waals surface area contributed by atoms with Crippen LogP contribution in [0, 0.1) is 17.2 Å². The normalized spacial score (nSPS) is 26.4. The lowest BCUT2D eigenvalue weighted by Gasteiger charge is -2.18. The molecular formula is C12H15N3. The summed E-state index contributed by atoms with van der Waals surface area (Å²) in [5.41, 5.74) is 1.26. The summed E-state index contributed by atoms with van der Waals surface area (Å²) in [7, 11) is 2.12. The van der Waals surface area contributed by atoms with Crippen molar-refractivity contribution in [3.8, 4) is 6.07 Å². The fourth-order valence-electron chi connectivity index (χ4n) is 2.35. The third-order valence-corrected chi connectivity index (χ3v) is 3.08. The van der Waals surface area contributed by atoms with Crippen LogP contribution in [-0.4, -0.2) is 23.5 Å². The minimum atomic E-state index is 0.442. The molecule has 1 aliphatic rings. The fourth-order valence-corrected chi connectivity index (χ4v) is 2.35. The average molecular weight is 201 g/mol. The molecule has 3 heteroatoms. The molecule has 15 heavy (non-hydrogen) atoms. The van der Waals surface area contributed by atoms with Crippen LogP contribution in [0.4, 0.5) is 0 Å². The summed E-state index contributed by atoms with van der Waals surface area (Å²) in [4.78, 5) is 6.46. The molecule has 0 unspecified atom stereocenters. The molecule has 0 radical (unpaired) electrons. The molecule has 0 N–H and O–H groups in total. The molecule has 0 amide bonds. The van der Waals surface area contributed by atoms with Crippen molar-refractivity contribution in [3.63, 3.8) is 0 Å². The highest BCUT2D eigenvalue weighted by Crippen LogP contribution is 2.34. The third-order valence-electron chi connectivity index (χ3n) is 3.08. The van der Waals surface area contributed by atoms with Crippen molar-refractivity contribution in [1.82, 2.24) is 9.88 Å². The lowest BCUT2D eigenvalue weighted by molar-refractivity contribution is 0.313. The number of hydrogen-bond acceptors (Lipinski definition) is 3. The molecule has 2 atom stereocenters. The predicted molar refractivity (Wildman–Crippen MR) is 57.9 cm³/mol. The molecule has 1 fully saturated rings. The zero-order valence-corrected chi connectivity index (χ0v) is 8.93. The highest BCUT2D eigenvalue weighted by atomic mass is 15.2. The number of aromatic nitrogens is 1. The van der Waals surface area contributed by atoms with Crippen molar-refractivity contribution in [3.05, 3.63) is 30.1 Å². The molecule has 1 aromatic rings. The number of nitrogens with zero attached hydrogens (tertiary/aromatic N) is 3. The Bertz CT molecular complexity index is 355. The molecule has 0 aromatic carbocycles. The van der Waals surface area contributed by atoms with Gasteiger partial charge in [0.2, 0.25) is 0 Å². The summed E-state index contributed by atoms with van der Waals surface area (Å²) < 4.78 is 0. The van der Waals surface area contributed by atoms with E-state index in [9.17, 15) is 0 Å². The van der Waals surface area contributed by atoms with E-state index in [1.807, 2.05) is 12.3 Å². The molecule has 0 aliphatic carbocycles. The molecule has 0 bridgehead atoms. The zero-order valence-electron chi connectivity index (χ0n) is 8.93. The molecule has 1 aliphatic heterocycles. The van der Waals surface area contributed by atoms with Gasteiger partial charge in [0, 0.05) is 31.4 Å². The Kier molecular flexibility index (Phi) is 2.98. The topological polar surface area (TPSA) is 39.9 Å². The van der Waals surface area contributed by atoms with Crippen LogP contribution in [0.5, 0.6) is 0 Å². The second-order valence-corrected chi connectivity index (χ2v) is 4.21. The summed E-state index contributed by atoms with van der Waals surface area (Å²) in [5.74, 6) is 0.519. The molecule has 1 aromatic heterocycles. The molecule has 78 valence electrons. The molecule has 0 saturated carbocycles. The van der Waals surface area contributed by atoms with E-state index in [0.717, 1.165) is 13.0 Å². The Morgan fingerprint density at radius 1 is 1.67 bits per heavy atom. The van der Waals surface area contributed by atoms with Gasteiger partial charge in [0.15, 0.2) is 0 Å². The summed E-state index contributed by atoms with van der Waals surface area (Å²) in [5, 5.41) is 8.69. The van der Waals surface area contributed by atoms with Crippen molar-refractivity contribution in [2.75, 3.05) is 13.6 Å². The van der Waals surface area contributed by atoms with E-state index in [1.165, 1.54) is 5.56 Å². The van der Waals surface area contributed by atoms with Gasteiger partial charge in [-0.1, -0.05) is 6.07 Å². The van der Waals surface area contributed by atoms with Gasteiger partial charge in [-0.05, 0) is 31.0 Å². The monoisotopic (exact) mass is 201 g/mol. The quantitative estimate of drug-likeness (QED) is 0.734. The van der Waals surface area contributed by atoms with Crippen LogP contribution < -0.4 is 0 Å². The highest BCUT2D eigenvalue weighted by Gasteiger charge is 2.30. The van der Waals surface area contributed by atoms with Gasteiger partial charge in [-0.25, -0.2) is 0 Å². The first-order valence-electron chi connectivity index (χ1n) is 5.28.